The standard InChI is InChI=1S/C55H62N4S4/c1-6-9-11-13-14-16-18-39(17-15-12-10-7-2)36-59-56-54-37(4)19-23-44(55(54)57-59)49-29-32-53(63-49)52-31-28-48(62-52)41-22-25-43-42-24-21-40(34-45(42)58(33-8-3)46(43)35-41)47-27-30-51(61-47)50-26-20-38(5)60-50/h19-32,34-35,39H,6-18,33,36H2,1-5H3. The van der Waals surface area contributed by atoms with Gasteiger partial charge in [-0.05, 0) is 116 Å². The monoisotopic (exact) mass is 906 g/mol. The first kappa shape index (κ1) is 43.9. The number of hydrogen-bond acceptors (Lipinski definition) is 6. The third-order valence-corrected chi connectivity index (χ3v) is 17.6. The van der Waals surface area contributed by atoms with E-state index in [-0.39, 0.29) is 0 Å². The quantitative estimate of drug-likeness (QED) is 0.0674. The molecule has 0 fully saturated rings. The lowest BCUT2D eigenvalue weighted by Crippen LogP contribution is -2.13. The summed E-state index contributed by atoms with van der Waals surface area (Å²) in [5.41, 5.74) is 9.69. The van der Waals surface area contributed by atoms with Gasteiger partial charge in [0.2, 0.25) is 0 Å². The number of nitrogens with zero attached hydrogens (tertiary/aromatic N) is 4. The summed E-state index contributed by atoms with van der Waals surface area (Å²) in [7, 11) is 0. The molecule has 4 nitrogen and oxygen atoms in total. The molecule has 3 aromatic carbocycles. The molecule has 326 valence electrons. The van der Waals surface area contributed by atoms with Crippen LogP contribution in [0.2, 0.25) is 0 Å². The van der Waals surface area contributed by atoms with Gasteiger partial charge in [-0.25, -0.2) is 0 Å². The van der Waals surface area contributed by atoms with Crippen molar-refractivity contribution >= 4 is 78.2 Å². The molecule has 6 aromatic heterocycles. The van der Waals surface area contributed by atoms with Crippen molar-refractivity contribution in [3.8, 4) is 50.8 Å². The van der Waals surface area contributed by atoms with Crippen LogP contribution in [0.4, 0.5) is 0 Å². The van der Waals surface area contributed by atoms with Gasteiger partial charge in [-0.3, -0.25) is 0 Å². The molecular formula is C55H62N4S4. The number of aryl methyl sites for hydroxylation is 3. The van der Waals surface area contributed by atoms with Crippen LogP contribution in [0.25, 0.3) is 83.7 Å². The van der Waals surface area contributed by atoms with Crippen molar-refractivity contribution in [2.45, 2.75) is 131 Å². The molecule has 9 rings (SSSR count). The lowest BCUT2D eigenvalue weighted by molar-refractivity contribution is 0.327. The van der Waals surface area contributed by atoms with Crippen molar-refractivity contribution in [2.75, 3.05) is 0 Å². The maximum atomic E-state index is 5.24. The van der Waals surface area contributed by atoms with Gasteiger partial charge in [-0.2, -0.15) is 15.0 Å². The molecule has 0 saturated carbocycles. The summed E-state index contributed by atoms with van der Waals surface area (Å²) in [6, 6.07) is 37.0. The van der Waals surface area contributed by atoms with E-state index < -0.39 is 0 Å². The maximum Gasteiger partial charge on any atom is 0.122 e. The second-order valence-electron chi connectivity index (χ2n) is 17.7. The van der Waals surface area contributed by atoms with E-state index in [0.717, 1.165) is 30.5 Å². The first-order valence-corrected chi connectivity index (χ1v) is 27.0. The third kappa shape index (κ3) is 9.71. The Kier molecular flexibility index (Phi) is 14.1. The smallest absolute Gasteiger partial charge is 0.122 e. The van der Waals surface area contributed by atoms with Gasteiger partial charge in [-0.1, -0.05) is 121 Å². The number of thiophene rings is 4. The van der Waals surface area contributed by atoms with E-state index >= 15 is 0 Å². The fourth-order valence-corrected chi connectivity index (χ4v) is 13.5. The first-order valence-electron chi connectivity index (χ1n) is 23.7. The van der Waals surface area contributed by atoms with Crippen LogP contribution in [0.3, 0.4) is 0 Å². The number of fused-ring (bicyclic) bond motifs is 4. The Morgan fingerprint density at radius 3 is 1.57 bits per heavy atom. The van der Waals surface area contributed by atoms with Crippen LogP contribution in [0.1, 0.15) is 115 Å². The van der Waals surface area contributed by atoms with E-state index in [9.17, 15) is 0 Å². The number of unbranched alkanes of at least 4 members (excludes halogenated alkanes) is 8. The molecule has 0 aliphatic rings. The lowest BCUT2D eigenvalue weighted by Gasteiger charge is -2.16. The number of rotatable bonds is 21. The van der Waals surface area contributed by atoms with E-state index in [1.54, 1.807) is 0 Å². The van der Waals surface area contributed by atoms with Crippen molar-refractivity contribution in [3.63, 3.8) is 0 Å². The second-order valence-corrected chi connectivity index (χ2v) is 22.2. The summed E-state index contributed by atoms with van der Waals surface area (Å²) in [6.45, 7) is 13.2. The van der Waals surface area contributed by atoms with Gasteiger partial charge in [0.25, 0.3) is 0 Å². The molecule has 1 atom stereocenters. The summed E-state index contributed by atoms with van der Waals surface area (Å²) >= 11 is 7.53. The molecule has 0 amide bonds. The zero-order chi connectivity index (χ0) is 43.3. The summed E-state index contributed by atoms with van der Waals surface area (Å²) < 4.78 is 2.55. The molecular weight excluding hydrogens is 845 g/mol. The van der Waals surface area contributed by atoms with E-state index in [2.05, 4.69) is 136 Å². The number of benzene rings is 3. The normalized spacial score (nSPS) is 12.5. The van der Waals surface area contributed by atoms with Crippen molar-refractivity contribution < 1.29 is 0 Å². The largest absolute Gasteiger partial charge is 0.340 e. The highest BCUT2D eigenvalue weighted by Crippen LogP contribution is 2.44. The number of hydrogen-bond donors (Lipinski definition) is 0. The van der Waals surface area contributed by atoms with E-state index in [1.807, 2.05) is 50.1 Å². The maximum absolute atomic E-state index is 5.24. The van der Waals surface area contributed by atoms with Crippen LogP contribution < -0.4 is 0 Å². The molecule has 6 heterocycles. The molecule has 0 bridgehead atoms. The van der Waals surface area contributed by atoms with Gasteiger partial charge >= 0.3 is 0 Å². The Morgan fingerprint density at radius 2 is 0.984 bits per heavy atom. The minimum Gasteiger partial charge on any atom is -0.340 e. The lowest BCUT2D eigenvalue weighted by atomic mass is 9.94. The van der Waals surface area contributed by atoms with Gasteiger partial charge in [0.05, 0.1) is 6.54 Å². The SMILES string of the molecule is CCCCCCCCC(CCCCCC)Cn1nc2c(C)ccc(-c3ccc(-c4ccc(-c5ccc6c7ccc(-c8ccc(-c9ccc(C)s9)s8)cc7n(CCC)c6c5)s4)s3)c2n1. The van der Waals surface area contributed by atoms with E-state index in [1.165, 1.54) is 160 Å². The molecule has 0 aliphatic heterocycles. The molecule has 0 radical (unpaired) electrons. The van der Waals surface area contributed by atoms with Gasteiger partial charge in [0.15, 0.2) is 0 Å². The Balaban J connectivity index is 0.948. The molecule has 0 spiro atoms. The molecule has 63 heavy (non-hydrogen) atoms. The fourth-order valence-electron chi connectivity index (χ4n) is 9.37. The van der Waals surface area contributed by atoms with Crippen LogP contribution in [-0.4, -0.2) is 19.6 Å². The van der Waals surface area contributed by atoms with Gasteiger partial charge < -0.3 is 4.57 Å². The summed E-state index contributed by atoms with van der Waals surface area (Å²) in [6.07, 6.45) is 17.0. The minimum absolute atomic E-state index is 0.634. The molecule has 8 heteroatoms. The summed E-state index contributed by atoms with van der Waals surface area (Å²) in [5.74, 6) is 0.634. The highest BCUT2D eigenvalue weighted by atomic mass is 32.1. The molecule has 0 aliphatic carbocycles. The van der Waals surface area contributed by atoms with Gasteiger partial charge in [0, 0.05) is 72.9 Å². The zero-order valence-electron chi connectivity index (χ0n) is 37.8. The summed E-state index contributed by atoms with van der Waals surface area (Å²) in [4.78, 5) is 12.6. The van der Waals surface area contributed by atoms with Crippen LogP contribution in [0, 0.1) is 19.8 Å². The topological polar surface area (TPSA) is 35.6 Å². The molecule has 0 N–H and O–H groups in total. The van der Waals surface area contributed by atoms with Crippen LogP contribution in [0.5, 0.6) is 0 Å². The molecule has 1 unspecified atom stereocenters. The van der Waals surface area contributed by atoms with Crippen molar-refractivity contribution in [1.82, 2.24) is 19.6 Å². The zero-order valence-corrected chi connectivity index (χ0v) is 41.1. The van der Waals surface area contributed by atoms with E-state index in [4.69, 9.17) is 10.2 Å². The average Bonchev–Trinajstić information content (AvgIpc) is 4.16. The Hall–Kier alpha value is -4.34. The minimum atomic E-state index is 0.634. The fraction of sp³-hybridized carbons (Fsp3) is 0.382. The van der Waals surface area contributed by atoms with Crippen LogP contribution in [-0.2, 0) is 13.1 Å². The Labute approximate surface area is 390 Å². The molecule has 9 aromatic rings. The van der Waals surface area contributed by atoms with Gasteiger partial charge in [0.1, 0.15) is 11.0 Å². The van der Waals surface area contributed by atoms with Crippen molar-refractivity contribution in [1.29, 1.82) is 0 Å². The van der Waals surface area contributed by atoms with E-state index in [0.29, 0.717) is 5.92 Å². The highest BCUT2D eigenvalue weighted by Gasteiger charge is 2.19. The predicted octanol–water partition coefficient (Wildman–Crippen LogP) is 18.5. The van der Waals surface area contributed by atoms with Crippen LogP contribution in [0.15, 0.2) is 97.1 Å². The average molecular weight is 907 g/mol. The Morgan fingerprint density at radius 1 is 0.476 bits per heavy atom. The second kappa shape index (κ2) is 20.2. The number of aromatic nitrogens is 4. The third-order valence-electron chi connectivity index (χ3n) is 12.8. The predicted molar refractivity (Wildman–Crippen MR) is 279 cm³/mol. The molecule has 0 saturated heterocycles. The first-order chi connectivity index (χ1) is 30.9. The van der Waals surface area contributed by atoms with Crippen molar-refractivity contribution in [3.05, 3.63) is 108 Å². The highest BCUT2D eigenvalue weighted by molar-refractivity contribution is 7.25. The van der Waals surface area contributed by atoms with Crippen LogP contribution >= 0.6 is 45.3 Å². The summed E-state index contributed by atoms with van der Waals surface area (Å²) in [5, 5.41) is 13.0. The van der Waals surface area contributed by atoms with Gasteiger partial charge in [-0.15, -0.1) is 45.3 Å². The Bertz CT molecular complexity index is 2930. The van der Waals surface area contributed by atoms with Crippen molar-refractivity contribution in [2.24, 2.45) is 5.92 Å².